The Morgan fingerprint density at radius 3 is 0.766 bits per heavy atom. The summed E-state index contributed by atoms with van der Waals surface area (Å²) in [6, 6.07) is 0. The van der Waals surface area contributed by atoms with Crippen molar-refractivity contribution in [1.82, 2.24) is 0 Å². The highest BCUT2D eigenvalue weighted by Crippen LogP contribution is 2.16. The molecule has 0 aromatic carbocycles. The molecular formula is C71H126O6. The van der Waals surface area contributed by atoms with Crippen molar-refractivity contribution in [3.05, 3.63) is 72.9 Å². The van der Waals surface area contributed by atoms with Gasteiger partial charge in [0.2, 0.25) is 0 Å². The molecule has 0 saturated heterocycles. The standard InChI is InChI=1S/C71H126O6/c1-4-7-10-13-16-19-22-25-28-30-31-32-33-34-35-36-37-38-39-41-43-46-49-52-55-58-61-64-70(73)76-67-68(66-75-69(72)63-60-57-54-51-48-45-42-27-24-21-18-15-12-9-6-3)77-71(74)65-62-59-56-53-50-47-44-40-29-26-23-20-17-14-11-8-5-2/h17,20,22,25-27,29-31,33-34,42,68H,4-16,18-19,21,23-24,28,32,35-41,43-67H2,1-3H3/b20-17-,25-22-,29-26-,31-30-,34-33-,42-27-. The Hall–Kier alpha value is -3.15. The van der Waals surface area contributed by atoms with Gasteiger partial charge in [0.25, 0.3) is 0 Å². The molecule has 0 fully saturated rings. The van der Waals surface area contributed by atoms with E-state index in [-0.39, 0.29) is 31.1 Å². The largest absolute Gasteiger partial charge is 0.462 e. The third kappa shape index (κ3) is 63.6. The normalized spacial score (nSPS) is 12.5. The zero-order valence-corrected chi connectivity index (χ0v) is 51.2. The molecule has 6 nitrogen and oxygen atoms in total. The van der Waals surface area contributed by atoms with Crippen LogP contribution in [0.2, 0.25) is 0 Å². The van der Waals surface area contributed by atoms with E-state index in [9.17, 15) is 14.4 Å². The van der Waals surface area contributed by atoms with Crippen molar-refractivity contribution >= 4 is 17.9 Å². The molecule has 0 N–H and O–H groups in total. The number of carbonyl (C=O) groups excluding carboxylic acids is 3. The van der Waals surface area contributed by atoms with Crippen LogP contribution in [0.5, 0.6) is 0 Å². The minimum Gasteiger partial charge on any atom is -0.462 e. The van der Waals surface area contributed by atoms with E-state index in [2.05, 4.69) is 93.7 Å². The van der Waals surface area contributed by atoms with E-state index in [1.807, 2.05) is 0 Å². The van der Waals surface area contributed by atoms with Gasteiger partial charge in [0.05, 0.1) is 0 Å². The Bertz CT molecular complexity index is 1420. The maximum absolute atomic E-state index is 12.9. The number of hydrogen-bond acceptors (Lipinski definition) is 6. The molecule has 446 valence electrons. The summed E-state index contributed by atoms with van der Waals surface area (Å²) in [6.45, 7) is 6.62. The predicted molar refractivity (Wildman–Crippen MR) is 335 cm³/mol. The maximum atomic E-state index is 12.9. The molecule has 0 saturated carbocycles. The van der Waals surface area contributed by atoms with E-state index >= 15 is 0 Å². The summed E-state index contributed by atoms with van der Waals surface area (Å²) in [5.74, 6) is -0.883. The van der Waals surface area contributed by atoms with E-state index in [0.29, 0.717) is 19.3 Å². The molecule has 0 radical (unpaired) electrons. The summed E-state index contributed by atoms with van der Waals surface area (Å²) in [5.41, 5.74) is 0. The molecule has 0 aromatic rings. The Morgan fingerprint density at radius 1 is 0.260 bits per heavy atom. The third-order valence-corrected chi connectivity index (χ3v) is 14.7. The summed E-state index contributed by atoms with van der Waals surface area (Å²) >= 11 is 0. The number of carbonyl (C=O) groups is 3. The van der Waals surface area contributed by atoms with Gasteiger partial charge in [-0.25, -0.2) is 0 Å². The minimum atomic E-state index is -0.785. The van der Waals surface area contributed by atoms with E-state index in [1.165, 1.54) is 212 Å². The van der Waals surface area contributed by atoms with Crippen molar-refractivity contribution in [1.29, 1.82) is 0 Å². The molecule has 0 aliphatic carbocycles. The third-order valence-electron chi connectivity index (χ3n) is 14.7. The monoisotopic (exact) mass is 1070 g/mol. The van der Waals surface area contributed by atoms with E-state index < -0.39 is 6.10 Å². The van der Waals surface area contributed by atoms with Crippen molar-refractivity contribution < 1.29 is 28.6 Å². The van der Waals surface area contributed by atoms with Gasteiger partial charge in [-0.15, -0.1) is 0 Å². The topological polar surface area (TPSA) is 78.9 Å². The van der Waals surface area contributed by atoms with Gasteiger partial charge >= 0.3 is 17.9 Å². The van der Waals surface area contributed by atoms with Crippen LogP contribution in [0, 0.1) is 0 Å². The fraction of sp³-hybridized carbons (Fsp3) is 0.789. The number of rotatable bonds is 61. The van der Waals surface area contributed by atoms with Crippen LogP contribution in [0.3, 0.4) is 0 Å². The van der Waals surface area contributed by atoms with E-state index in [1.54, 1.807) is 0 Å². The Kier molecular flexibility index (Phi) is 62.7. The van der Waals surface area contributed by atoms with Crippen LogP contribution in [0.1, 0.15) is 342 Å². The summed E-state index contributed by atoms with van der Waals surface area (Å²) in [4.78, 5) is 38.4. The average Bonchev–Trinajstić information content (AvgIpc) is 3.43. The molecule has 77 heavy (non-hydrogen) atoms. The molecule has 0 heterocycles. The zero-order chi connectivity index (χ0) is 55.7. The molecule has 0 aliphatic heterocycles. The Labute approximate surface area is 478 Å². The number of allylic oxidation sites excluding steroid dienone is 12. The van der Waals surface area contributed by atoms with Crippen LogP contribution in [0.15, 0.2) is 72.9 Å². The number of hydrogen-bond donors (Lipinski definition) is 0. The van der Waals surface area contributed by atoms with Crippen molar-refractivity contribution in [2.45, 2.75) is 348 Å². The lowest BCUT2D eigenvalue weighted by Gasteiger charge is -2.18. The lowest BCUT2D eigenvalue weighted by atomic mass is 10.0. The first-order valence-corrected chi connectivity index (χ1v) is 33.4. The van der Waals surface area contributed by atoms with Gasteiger partial charge < -0.3 is 14.2 Å². The SMILES string of the molecule is CCCCC/C=C\C/C=C\CCCCCCCCCC(=O)OC(COC(=O)CCCCCCC/C=C\CCCCCCCC)COC(=O)CCCCCCCCCCCCCC/C=C\C/C=C\C/C=C\CCCCCCC. The second-order valence-electron chi connectivity index (χ2n) is 22.4. The minimum absolute atomic E-state index is 0.0805. The molecule has 0 aromatic heterocycles. The molecule has 0 spiro atoms. The fourth-order valence-corrected chi connectivity index (χ4v) is 9.59. The molecule has 1 atom stereocenters. The smallest absolute Gasteiger partial charge is 0.306 e. The molecule has 0 bridgehead atoms. The lowest BCUT2D eigenvalue weighted by Crippen LogP contribution is -2.30. The van der Waals surface area contributed by atoms with E-state index in [4.69, 9.17) is 14.2 Å². The molecule has 6 heteroatoms. The zero-order valence-electron chi connectivity index (χ0n) is 51.2. The van der Waals surface area contributed by atoms with Crippen LogP contribution in [0.4, 0.5) is 0 Å². The first-order chi connectivity index (χ1) is 38.0. The fourth-order valence-electron chi connectivity index (χ4n) is 9.59. The quantitative estimate of drug-likeness (QED) is 0.0261. The van der Waals surface area contributed by atoms with Gasteiger partial charge in [0.1, 0.15) is 13.2 Å². The van der Waals surface area contributed by atoms with Crippen molar-refractivity contribution in [2.75, 3.05) is 13.2 Å². The summed E-state index contributed by atoms with van der Waals surface area (Å²) in [5, 5.41) is 0. The van der Waals surface area contributed by atoms with Crippen molar-refractivity contribution in [3.8, 4) is 0 Å². The van der Waals surface area contributed by atoms with Gasteiger partial charge in [0.15, 0.2) is 6.10 Å². The predicted octanol–water partition coefficient (Wildman–Crippen LogP) is 22.9. The molecule has 0 rings (SSSR count). The van der Waals surface area contributed by atoms with Gasteiger partial charge in [0, 0.05) is 19.3 Å². The first kappa shape index (κ1) is 73.8. The van der Waals surface area contributed by atoms with Gasteiger partial charge in [-0.05, 0) is 116 Å². The molecular weight excluding hydrogens is 949 g/mol. The molecule has 0 aliphatic rings. The van der Waals surface area contributed by atoms with Crippen LogP contribution in [0.25, 0.3) is 0 Å². The van der Waals surface area contributed by atoms with Crippen molar-refractivity contribution in [3.63, 3.8) is 0 Å². The van der Waals surface area contributed by atoms with Crippen LogP contribution in [-0.4, -0.2) is 37.2 Å². The lowest BCUT2D eigenvalue weighted by molar-refractivity contribution is -0.167. The van der Waals surface area contributed by atoms with Gasteiger partial charge in [-0.2, -0.15) is 0 Å². The second kappa shape index (κ2) is 65.4. The summed E-state index contributed by atoms with van der Waals surface area (Å²) < 4.78 is 16.9. The summed E-state index contributed by atoms with van der Waals surface area (Å²) in [7, 11) is 0. The second-order valence-corrected chi connectivity index (χ2v) is 22.4. The maximum Gasteiger partial charge on any atom is 0.306 e. The number of unbranched alkanes of at least 4 members (excludes halogenated alkanes) is 38. The molecule has 0 amide bonds. The molecule has 1 unspecified atom stereocenters. The van der Waals surface area contributed by atoms with Gasteiger partial charge in [-0.3, -0.25) is 14.4 Å². The van der Waals surface area contributed by atoms with Gasteiger partial charge in [-0.1, -0.05) is 280 Å². The average molecular weight is 1080 g/mol. The summed E-state index contributed by atoms with van der Waals surface area (Å²) in [6.07, 6.45) is 84.8. The highest BCUT2D eigenvalue weighted by atomic mass is 16.6. The van der Waals surface area contributed by atoms with E-state index in [0.717, 1.165) is 89.9 Å². The Morgan fingerprint density at radius 2 is 0.468 bits per heavy atom. The van der Waals surface area contributed by atoms with Crippen LogP contribution < -0.4 is 0 Å². The Balaban J connectivity index is 4.30. The number of ether oxygens (including phenoxy) is 3. The highest BCUT2D eigenvalue weighted by molar-refractivity contribution is 5.71. The highest BCUT2D eigenvalue weighted by Gasteiger charge is 2.19. The van der Waals surface area contributed by atoms with Crippen molar-refractivity contribution in [2.24, 2.45) is 0 Å². The number of esters is 3. The van der Waals surface area contributed by atoms with Crippen LogP contribution >= 0.6 is 0 Å². The first-order valence-electron chi connectivity index (χ1n) is 33.4. The van der Waals surface area contributed by atoms with Crippen LogP contribution in [-0.2, 0) is 28.6 Å².